The second-order valence-electron chi connectivity index (χ2n) is 4.58. The van der Waals surface area contributed by atoms with Crippen LogP contribution in [-0.2, 0) is 0 Å². The van der Waals surface area contributed by atoms with Crippen molar-refractivity contribution in [2.75, 3.05) is 13.2 Å². The van der Waals surface area contributed by atoms with E-state index in [1.165, 1.54) is 0 Å². The Bertz CT molecular complexity index is 241. The third kappa shape index (κ3) is 2.34. The van der Waals surface area contributed by atoms with Crippen LogP contribution in [0.15, 0.2) is 0 Å². The van der Waals surface area contributed by atoms with Crippen molar-refractivity contribution in [1.29, 1.82) is 0 Å². The van der Waals surface area contributed by atoms with Crippen molar-refractivity contribution < 1.29 is 10.2 Å². The SMILES string of the molecule is CC1(C)C[C@](C)(O)N(CCO)C(=S)N1. The van der Waals surface area contributed by atoms with Gasteiger partial charge in [0.1, 0.15) is 5.72 Å². The van der Waals surface area contributed by atoms with Crippen LogP contribution in [0.2, 0.25) is 0 Å². The summed E-state index contributed by atoms with van der Waals surface area (Å²) in [6.45, 7) is 6.04. The number of aliphatic hydroxyl groups excluding tert-OH is 1. The Morgan fingerprint density at radius 1 is 1.50 bits per heavy atom. The fraction of sp³-hybridized carbons (Fsp3) is 0.889. The highest BCUT2D eigenvalue weighted by Gasteiger charge is 2.42. The van der Waals surface area contributed by atoms with E-state index in [1.807, 2.05) is 13.8 Å². The van der Waals surface area contributed by atoms with Gasteiger partial charge >= 0.3 is 0 Å². The van der Waals surface area contributed by atoms with Crippen LogP contribution >= 0.6 is 12.2 Å². The van der Waals surface area contributed by atoms with Crippen molar-refractivity contribution in [3.63, 3.8) is 0 Å². The number of aliphatic hydroxyl groups is 2. The average Bonchev–Trinajstić information content (AvgIpc) is 1.93. The lowest BCUT2D eigenvalue weighted by molar-refractivity contribution is -0.0919. The molecular weight excluding hydrogens is 200 g/mol. The lowest BCUT2D eigenvalue weighted by Gasteiger charge is -2.49. The van der Waals surface area contributed by atoms with Crippen molar-refractivity contribution in [1.82, 2.24) is 10.2 Å². The summed E-state index contributed by atoms with van der Waals surface area (Å²) in [6, 6.07) is 0. The number of hydrogen-bond acceptors (Lipinski definition) is 3. The lowest BCUT2D eigenvalue weighted by atomic mass is 9.90. The average molecular weight is 218 g/mol. The largest absolute Gasteiger partial charge is 0.395 e. The zero-order chi connectivity index (χ0) is 11.0. The Labute approximate surface area is 89.9 Å². The molecule has 0 amide bonds. The van der Waals surface area contributed by atoms with Gasteiger partial charge in [-0.3, -0.25) is 0 Å². The monoisotopic (exact) mass is 218 g/mol. The standard InChI is InChI=1S/C9H18N2O2S/c1-8(2)6-9(3,13)11(4-5-12)7(14)10-8/h12-13H,4-6H2,1-3H3,(H,10,14)/t9-/m0/s1. The van der Waals surface area contributed by atoms with Crippen LogP contribution in [0.25, 0.3) is 0 Å². The van der Waals surface area contributed by atoms with Crippen LogP contribution in [0.5, 0.6) is 0 Å². The predicted octanol–water partition coefficient (Wildman–Crippen LogP) is 0.0460. The molecule has 0 bridgehead atoms. The third-order valence-corrected chi connectivity index (χ3v) is 2.69. The predicted molar refractivity (Wildman–Crippen MR) is 58.8 cm³/mol. The molecule has 0 spiro atoms. The Hall–Kier alpha value is -0.390. The molecule has 82 valence electrons. The van der Waals surface area contributed by atoms with Crippen LogP contribution in [0.1, 0.15) is 27.2 Å². The van der Waals surface area contributed by atoms with E-state index in [2.05, 4.69) is 5.32 Å². The first-order chi connectivity index (χ1) is 6.28. The second-order valence-corrected chi connectivity index (χ2v) is 4.97. The molecule has 0 aromatic rings. The molecule has 0 radical (unpaired) electrons. The summed E-state index contributed by atoms with van der Waals surface area (Å²) in [7, 11) is 0. The van der Waals surface area contributed by atoms with Gasteiger partial charge in [-0.1, -0.05) is 0 Å². The second kappa shape index (κ2) is 3.64. The Morgan fingerprint density at radius 3 is 2.50 bits per heavy atom. The van der Waals surface area contributed by atoms with Gasteiger partial charge in [-0.05, 0) is 33.0 Å². The Balaban J connectivity index is 2.83. The summed E-state index contributed by atoms with van der Waals surface area (Å²) in [5, 5.41) is 22.6. The van der Waals surface area contributed by atoms with E-state index in [0.29, 0.717) is 18.1 Å². The molecule has 1 saturated heterocycles. The van der Waals surface area contributed by atoms with Crippen LogP contribution in [0, 0.1) is 0 Å². The van der Waals surface area contributed by atoms with Crippen molar-refractivity contribution in [2.24, 2.45) is 0 Å². The van der Waals surface area contributed by atoms with Gasteiger partial charge in [-0.25, -0.2) is 0 Å². The highest BCUT2D eigenvalue weighted by molar-refractivity contribution is 7.80. The minimum Gasteiger partial charge on any atom is -0.395 e. The van der Waals surface area contributed by atoms with Gasteiger partial charge in [-0.15, -0.1) is 0 Å². The first-order valence-corrected chi connectivity index (χ1v) is 5.12. The molecule has 0 aliphatic carbocycles. The van der Waals surface area contributed by atoms with Crippen molar-refractivity contribution >= 4 is 17.3 Å². The number of nitrogens with one attached hydrogen (secondary N) is 1. The van der Waals surface area contributed by atoms with Crippen LogP contribution in [-0.4, -0.2) is 44.6 Å². The van der Waals surface area contributed by atoms with Gasteiger partial charge in [0.25, 0.3) is 0 Å². The molecule has 0 unspecified atom stereocenters. The Kier molecular flexibility index (Phi) is 3.04. The molecule has 1 heterocycles. The van der Waals surface area contributed by atoms with Gasteiger partial charge < -0.3 is 20.4 Å². The number of rotatable bonds is 2. The van der Waals surface area contributed by atoms with Crippen LogP contribution in [0.3, 0.4) is 0 Å². The number of nitrogens with zero attached hydrogens (tertiary/aromatic N) is 1. The van der Waals surface area contributed by atoms with Gasteiger partial charge in [0.15, 0.2) is 5.11 Å². The van der Waals surface area contributed by atoms with E-state index in [1.54, 1.807) is 11.8 Å². The number of hydrogen-bond donors (Lipinski definition) is 3. The molecule has 0 aromatic carbocycles. The normalized spacial score (nSPS) is 31.5. The van der Waals surface area contributed by atoms with Gasteiger partial charge in [0, 0.05) is 18.5 Å². The van der Waals surface area contributed by atoms with E-state index in [4.69, 9.17) is 17.3 Å². The van der Waals surface area contributed by atoms with Gasteiger partial charge in [0.05, 0.1) is 6.61 Å². The van der Waals surface area contributed by atoms with Gasteiger partial charge in [0.2, 0.25) is 0 Å². The molecule has 1 aliphatic heterocycles. The molecule has 0 saturated carbocycles. The molecule has 14 heavy (non-hydrogen) atoms. The highest BCUT2D eigenvalue weighted by Crippen LogP contribution is 2.28. The molecule has 4 nitrogen and oxygen atoms in total. The molecule has 1 aliphatic rings. The first-order valence-electron chi connectivity index (χ1n) is 4.71. The summed E-state index contributed by atoms with van der Waals surface area (Å²) in [6.07, 6.45) is 0.570. The molecular formula is C9H18N2O2S. The zero-order valence-corrected chi connectivity index (χ0v) is 9.69. The number of thiocarbonyl (C=S) groups is 1. The molecule has 1 rings (SSSR count). The smallest absolute Gasteiger partial charge is 0.171 e. The fourth-order valence-corrected chi connectivity index (χ4v) is 2.56. The maximum atomic E-state index is 10.2. The van der Waals surface area contributed by atoms with E-state index in [9.17, 15) is 5.11 Å². The first kappa shape index (κ1) is 11.7. The fourth-order valence-electron chi connectivity index (χ4n) is 1.99. The number of β-amino-alcohol motifs (C(OH)–C–C–N with tert-alkyl or cyclic N) is 1. The van der Waals surface area contributed by atoms with Crippen LogP contribution in [0.4, 0.5) is 0 Å². The van der Waals surface area contributed by atoms with Gasteiger partial charge in [-0.2, -0.15) is 0 Å². The minimum absolute atomic E-state index is 0.0155. The summed E-state index contributed by atoms with van der Waals surface area (Å²) in [5.74, 6) is 0. The van der Waals surface area contributed by atoms with Crippen molar-refractivity contribution in [3.05, 3.63) is 0 Å². The summed E-state index contributed by atoms with van der Waals surface area (Å²) >= 11 is 5.13. The van der Waals surface area contributed by atoms with Crippen molar-refractivity contribution in [2.45, 2.75) is 38.5 Å². The quantitative estimate of drug-likeness (QED) is 0.572. The van der Waals surface area contributed by atoms with Crippen molar-refractivity contribution in [3.8, 4) is 0 Å². The molecule has 3 N–H and O–H groups in total. The maximum Gasteiger partial charge on any atom is 0.171 e. The van der Waals surface area contributed by atoms with E-state index in [-0.39, 0.29) is 12.1 Å². The lowest BCUT2D eigenvalue weighted by Crippen LogP contribution is -2.66. The van der Waals surface area contributed by atoms with Crippen LogP contribution < -0.4 is 5.32 Å². The molecule has 5 heteroatoms. The summed E-state index contributed by atoms with van der Waals surface area (Å²) < 4.78 is 0. The summed E-state index contributed by atoms with van der Waals surface area (Å²) in [4.78, 5) is 1.62. The zero-order valence-electron chi connectivity index (χ0n) is 8.87. The summed E-state index contributed by atoms with van der Waals surface area (Å²) in [5.41, 5.74) is -1.18. The minimum atomic E-state index is -0.978. The Morgan fingerprint density at radius 2 is 2.07 bits per heavy atom. The highest BCUT2D eigenvalue weighted by atomic mass is 32.1. The van der Waals surface area contributed by atoms with E-state index in [0.717, 1.165) is 0 Å². The molecule has 1 atom stereocenters. The van der Waals surface area contributed by atoms with E-state index >= 15 is 0 Å². The van der Waals surface area contributed by atoms with E-state index < -0.39 is 5.72 Å². The topological polar surface area (TPSA) is 55.7 Å². The maximum absolute atomic E-state index is 10.2. The molecule has 0 aromatic heterocycles. The molecule has 1 fully saturated rings. The third-order valence-electron chi connectivity index (χ3n) is 2.37.